The van der Waals surface area contributed by atoms with E-state index in [0.29, 0.717) is 23.1 Å². The van der Waals surface area contributed by atoms with E-state index < -0.39 is 5.97 Å². The third kappa shape index (κ3) is 2.82. The fourth-order valence-corrected chi connectivity index (χ4v) is 2.72. The first-order valence-corrected chi connectivity index (χ1v) is 7.87. The summed E-state index contributed by atoms with van der Waals surface area (Å²) in [6.07, 6.45) is 4.63. The molecule has 0 N–H and O–H groups in total. The molecule has 0 aliphatic heterocycles. The van der Waals surface area contributed by atoms with Crippen molar-refractivity contribution in [2.75, 3.05) is 0 Å². The van der Waals surface area contributed by atoms with Gasteiger partial charge >= 0.3 is 5.97 Å². The van der Waals surface area contributed by atoms with Crippen molar-refractivity contribution < 1.29 is 9.53 Å². The summed E-state index contributed by atoms with van der Waals surface area (Å²) in [6, 6.07) is 8.99. The highest BCUT2D eigenvalue weighted by Gasteiger charge is 2.36. The molecule has 0 saturated heterocycles. The van der Waals surface area contributed by atoms with Crippen LogP contribution in [-0.4, -0.2) is 20.7 Å². The first kappa shape index (κ1) is 13.9. The van der Waals surface area contributed by atoms with Crippen molar-refractivity contribution >= 4 is 5.97 Å². The molecule has 2 aliphatic rings. The molecule has 4 rings (SSSR count). The first-order chi connectivity index (χ1) is 11.3. The Morgan fingerprint density at radius 3 is 2.83 bits per heavy atom. The largest absolute Gasteiger partial charge is 0.454 e. The highest BCUT2D eigenvalue weighted by molar-refractivity contribution is 5.89. The maximum absolute atomic E-state index is 12.1. The Morgan fingerprint density at radius 1 is 1.30 bits per heavy atom. The summed E-state index contributed by atoms with van der Waals surface area (Å²) >= 11 is 0. The third-order valence-corrected chi connectivity index (χ3v) is 4.21. The van der Waals surface area contributed by atoms with Crippen molar-refractivity contribution in [1.82, 2.24) is 14.8 Å². The van der Waals surface area contributed by atoms with Crippen LogP contribution in [-0.2, 0) is 11.3 Å². The molecule has 0 atom stereocenters. The van der Waals surface area contributed by atoms with E-state index >= 15 is 0 Å². The molecule has 23 heavy (non-hydrogen) atoms. The molecular formula is C17H16N4O2. The molecule has 1 aromatic heterocycles. The zero-order valence-corrected chi connectivity index (χ0v) is 12.6. The van der Waals surface area contributed by atoms with Crippen LogP contribution in [0.4, 0.5) is 0 Å². The van der Waals surface area contributed by atoms with E-state index in [0.717, 1.165) is 24.5 Å². The second kappa shape index (κ2) is 5.51. The first-order valence-electron chi connectivity index (χ1n) is 7.87. The number of carbonyl (C=O) groups is 1. The van der Waals surface area contributed by atoms with Crippen molar-refractivity contribution in [3.63, 3.8) is 0 Å². The van der Waals surface area contributed by atoms with Crippen molar-refractivity contribution in [3.8, 4) is 6.07 Å². The van der Waals surface area contributed by atoms with Crippen LogP contribution in [0.15, 0.2) is 24.3 Å². The van der Waals surface area contributed by atoms with Crippen LogP contribution in [0.1, 0.15) is 65.2 Å². The summed E-state index contributed by atoms with van der Waals surface area (Å²) < 4.78 is 7.54. The normalized spacial score (nSPS) is 16.8. The van der Waals surface area contributed by atoms with Gasteiger partial charge in [-0.3, -0.25) is 0 Å². The molecule has 0 unspecified atom stereocenters. The van der Waals surface area contributed by atoms with Crippen LogP contribution in [0.25, 0.3) is 0 Å². The quantitative estimate of drug-likeness (QED) is 0.793. The fraction of sp³-hybridized carbons (Fsp3) is 0.412. The van der Waals surface area contributed by atoms with E-state index in [4.69, 9.17) is 10.00 Å². The molecule has 1 heterocycles. The topological polar surface area (TPSA) is 80.8 Å². The Balaban J connectivity index is 1.48. The molecule has 2 aliphatic carbocycles. The molecule has 0 radical (unpaired) electrons. The molecule has 1 aromatic carbocycles. The van der Waals surface area contributed by atoms with Gasteiger partial charge in [-0.2, -0.15) is 5.26 Å². The summed E-state index contributed by atoms with van der Waals surface area (Å²) in [5.41, 5.74) is 0.820. The number of aromatic nitrogens is 3. The van der Waals surface area contributed by atoms with Gasteiger partial charge in [0.1, 0.15) is 5.82 Å². The van der Waals surface area contributed by atoms with Crippen LogP contribution >= 0.6 is 0 Å². The summed E-state index contributed by atoms with van der Waals surface area (Å²) in [5, 5.41) is 17.4. The summed E-state index contributed by atoms with van der Waals surface area (Å²) in [7, 11) is 0. The monoisotopic (exact) mass is 308 g/mol. The molecule has 0 amide bonds. The second-order valence-electron chi connectivity index (χ2n) is 6.12. The fourth-order valence-electron chi connectivity index (χ4n) is 2.72. The number of hydrogen-bond donors (Lipinski definition) is 0. The van der Waals surface area contributed by atoms with Crippen molar-refractivity contribution in [1.29, 1.82) is 5.26 Å². The SMILES string of the molecule is N#Cc1cccc(C(=O)OCc2nnc(C3CC3)n2C2CC2)c1. The number of carbonyl (C=O) groups excluding carboxylic acids is 1. The summed E-state index contributed by atoms with van der Waals surface area (Å²) in [4.78, 5) is 12.1. The van der Waals surface area contributed by atoms with Gasteiger partial charge < -0.3 is 9.30 Å². The lowest BCUT2D eigenvalue weighted by molar-refractivity contribution is 0.0457. The molecule has 0 bridgehead atoms. The Morgan fingerprint density at radius 2 is 2.13 bits per heavy atom. The minimum absolute atomic E-state index is 0.117. The Kier molecular flexibility index (Phi) is 3.34. The number of nitrogens with zero attached hydrogens (tertiary/aromatic N) is 4. The molecular weight excluding hydrogens is 292 g/mol. The lowest BCUT2D eigenvalue weighted by Crippen LogP contribution is -2.11. The van der Waals surface area contributed by atoms with Gasteiger partial charge in [-0.25, -0.2) is 4.79 Å². The third-order valence-electron chi connectivity index (χ3n) is 4.21. The van der Waals surface area contributed by atoms with E-state index in [-0.39, 0.29) is 6.61 Å². The van der Waals surface area contributed by atoms with Gasteiger partial charge in [-0.1, -0.05) is 6.07 Å². The number of esters is 1. The van der Waals surface area contributed by atoms with Gasteiger partial charge in [0.2, 0.25) is 0 Å². The maximum atomic E-state index is 12.1. The molecule has 2 saturated carbocycles. The molecule has 116 valence electrons. The summed E-state index contributed by atoms with van der Waals surface area (Å²) in [5.74, 6) is 1.85. The number of benzene rings is 1. The molecule has 6 heteroatoms. The Hall–Kier alpha value is -2.68. The average molecular weight is 308 g/mol. The van der Waals surface area contributed by atoms with Gasteiger partial charge in [-0.05, 0) is 43.9 Å². The van der Waals surface area contributed by atoms with Crippen LogP contribution in [0.2, 0.25) is 0 Å². The van der Waals surface area contributed by atoms with Crippen LogP contribution in [0.5, 0.6) is 0 Å². The highest BCUT2D eigenvalue weighted by atomic mass is 16.5. The van der Waals surface area contributed by atoms with E-state index in [1.165, 1.54) is 18.9 Å². The van der Waals surface area contributed by atoms with Gasteiger partial charge in [0.05, 0.1) is 17.2 Å². The van der Waals surface area contributed by atoms with E-state index in [2.05, 4.69) is 14.8 Å². The van der Waals surface area contributed by atoms with Crippen molar-refractivity contribution in [3.05, 3.63) is 47.0 Å². The van der Waals surface area contributed by atoms with Crippen molar-refractivity contribution in [2.24, 2.45) is 0 Å². The summed E-state index contributed by atoms with van der Waals surface area (Å²) in [6.45, 7) is 0.117. The van der Waals surface area contributed by atoms with Gasteiger partial charge in [0, 0.05) is 12.0 Å². The number of rotatable bonds is 5. The van der Waals surface area contributed by atoms with E-state index in [1.807, 2.05) is 6.07 Å². The highest BCUT2D eigenvalue weighted by Crippen LogP contribution is 2.44. The standard InChI is InChI=1S/C17H16N4O2/c18-9-11-2-1-3-13(8-11)17(22)23-10-15-19-20-16(12-4-5-12)21(15)14-6-7-14/h1-3,8,12,14H,4-7,10H2. The Labute approximate surface area is 133 Å². The second-order valence-corrected chi connectivity index (χ2v) is 6.12. The predicted octanol–water partition coefficient (Wildman–Crippen LogP) is 2.72. The molecule has 2 aromatic rings. The van der Waals surface area contributed by atoms with Crippen molar-refractivity contribution in [2.45, 2.75) is 44.2 Å². The average Bonchev–Trinajstić information content (AvgIpc) is 3.51. The van der Waals surface area contributed by atoms with E-state index in [1.54, 1.807) is 18.2 Å². The minimum atomic E-state index is -0.444. The van der Waals surface area contributed by atoms with Gasteiger partial charge in [-0.15, -0.1) is 10.2 Å². The number of hydrogen-bond acceptors (Lipinski definition) is 5. The minimum Gasteiger partial charge on any atom is -0.454 e. The molecule has 2 fully saturated rings. The lowest BCUT2D eigenvalue weighted by Gasteiger charge is -2.09. The zero-order chi connectivity index (χ0) is 15.8. The zero-order valence-electron chi connectivity index (χ0n) is 12.6. The van der Waals surface area contributed by atoms with Crippen LogP contribution in [0, 0.1) is 11.3 Å². The Bertz CT molecular complexity index is 797. The maximum Gasteiger partial charge on any atom is 0.338 e. The van der Waals surface area contributed by atoms with Crippen LogP contribution in [0.3, 0.4) is 0 Å². The van der Waals surface area contributed by atoms with Gasteiger partial charge in [0.25, 0.3) is 0 Å². The lowest BCUT2D eigenvalue weighted by atomic mass is 10.1. The predicted molar refractivity (Wildman–Crippen MR) is 80.5 cm³/mol. The smallest absolute Gasteiger partial charge is 0.338 e. The number of nitriles is 1. The number of ether oxygens (including phenoxy) is 1. The van der Waals surface area contributed by atoms with Crippen LogP contribution < -0.4 is 0 Å². The van der Waals surface area contributed by atoms with Gasteiger partial charge in [0.15, 0.2) is 12.4 Å². The molecule has 0 spiro atoms. The van der Waals surface area contributed by atoms with E-state index in [9.17, 15) is 4.79 Å². The molecule has 6 nitrogen and oxygen atoms in total.